The SMILES string of the molecule is Cc1cc(C)n2nc(SCc3csc(-c4ccoc4)n3)nc2n1. The Hall–Kier alpha value is -2.19. The molecule has 4 aromatic rings. The van der Waals surface area contributed by atoms with Crippen molar-refractivity contribution in [1.29, 1.82) is 0 Å². The molecule has 0 bridgehead atoms. The third-order valence-corrected chi connectivity index (χ3v) is 5.08. The van der Waals surface area contributed by atoms with Crippen molar-refractivity contribution in [2.24, 2.45) is 0 Å². The van der Waals surface area contributed by atoms with Gasteiger partial charge in [-0.3, -0.25) is 0 Å². The summed E-state index contributed by atoms with van der Waals surface area (Å²) in [6.07, 6.45) is 3.36. The van der Waals surface area contributed by atoms with E-state index in [-0.39, 0.29) is 0 Å². The molecule has 0 N–H and O–H groups in total. The Morgan fingerprint density at radius 3 is 3.00 bits per heavy atom. The summed E-state index contributed by atoms with van der Waals surface area (Å²) >= 11 is 3.17. The van der Waals surface area contributed by atoms with Crippen molar-refractivity contribution >= 4 is 28.9 Å². The summed E-state index contributed by atoms with van der Waals surface area (Å²) in [7, 11) is 0. The normalized spacial score (nSPS) is 11.4. The van der Waals surface area contributed by atoms with Gasteiger partial charge in [0.1, 0.15) is 11.3 Å². The highest BCUT2D eigenvalue weighted by Gasteiger charge is 2.10. The highest BCUT2D eigenvalue weighted by molar-refractivity contribution is 7.98. The van der Waals surface area contributed by atoms with Crippen LogP contribution in [0.4, 0.5) is 0 Å². The van der Waals surface area contributed by atoms with E-state index in [1.165, 1.54) is 0 Å². The lowest BCUT2D eigenvalue weighted by Gasteiger charge is -1.97. The summed E-state index contributed by atoms with van der Waals surface area (Å²) in [6.45, 7) is 3.96. The predicted octanol–water partition coefficient (Wildman–Crippen LogP) is 3.75. The zero-order chi connectivity index (χ0) is 15.8. The summed E-state index contributed by atoms with van der Waals surface area (Å²) in [5.41, 5.74) is 3.99. The molecule has 0 saturated heterocycles. The number of hydrogen-bond acceptors (Lipinski definition) is 7. The third-order valence-electron chi connectivity index (χ3n) is 3.27. The van der Waals surface area contributed by atoms with E-state index in [1.807, 2.05) is 26.0 Å². The highest BCUT2D eigenvalue weighted by atomic mass is 32.2. The van der Waals surface area contributed by atoms with E-state index >= 15 is 0 Å². The molecular weight excluding hydrogens is 330 g/mol. The molecule has 4 rings (SSSR count). The number of rotatable bonds is 4. The lowest BCUT2D eigenvalue weighted by atomic mass is 10.4. The van der Waals surface area contributed by atoms with Crippen molar-refractivity contribution in [2.75, 3.05) is 0 Å². The summed E-state index contributed by atoms with van der Waals surface area (Å²) < 4.78 is 6.86. The van der Waals surface area contributed by atoms with Gasteiger partial charge in [0.2, 0.25) is 5.16 Å². The van der Waals surface area contributed by atoms with Crippen molar-refractivity contribution in [1.82, 2.24) is 24.6 Å². The maximum atomic E-state index is 5.09. The first-order valence-electron chi connectivity index (χ1n) is 7.00. The smallest absolute Gasteiger partial charge is 0.253 e. The quantitative estimate of drug-likeness (QED) is 0.526. The molecule has 23 heavy (non-hydrogen) atoms. The summed E-state index contributed by atoms with van der Waals surface area (Å²) in [6, 6.07) is 3.91. The van der Waals surface area contributed by atoms with Gasteiger partial charge >= 0.3 is 0 Å². The van der Waals surface area contributed by atoms with E-state index in [9.17, 15) is 0 Å². The van der Waals surface area contributed by atoms with Gasteiger partial charge in [-0.15, -0.1) is 16.4 Å². The minimum absolute atomic E-state index is 0.641. The van der Waals surface area contributed by atoms with Gasteiger partial charge in [-0.1, -0.05) is 11.8 Å². The molecule has 8 heteroatoms. The number of thiazole rings is 1. The van der Waals surface area contributed by atoms with Gasteiger partial charge < -0.3 is 4.42 Å². The van der Waals surface area contributed by atoms with E-state index in [4.69, 9.17) is 4.42 Å². The van der Waals surface area contributed by atoms with E-state index in [0.717, 1.165) is 33.4 Å². The van der Waals surface area contributed by atoms with Crippen LogP contribution in [-0.2, 0) is 5.75 Å². The average molecular weight is 343 g/mol. The monoisotopic (exact) mass is 343 g/mol. The third kappa shape index (κ3) is 2.87. The minimum Gasteiger partial charge on any atom is -0.472 e. The summed E-state index contributed by atoms with van der Waals surface area (Å²) in [5, 5.41) is 8.22. The Bertz CT molecular complexity index is 958. The minimum atomic E-state index is 0.641. The molecule has 0 amide bonds. The van der Waals surface area contributed by atoms with Gasteiger partial charge in [-0.25, -0.2) is 14.5 Å². The second-order valence-electron chi connectivity index (χ2n) is 5.09. The molecule has 0 fully saturated rings. The van der Waals surface area contributed by atoms with Crippen LogP contribution in [0.2, 0.25) is 0 Å². The number of thioether (sulfide) groups is 1. The van der Waals surface area contributed by atoms with Crippen LogP contribution in [0.15, 0.2) is 39.6 Å². The molecule has 0 aliphatic carbocycles. The molecule has 6 nitrogen and oxygen atoms in total. The average Bonchev–Trinajstić information content (AvgIpc) is 3.24. The van der Waals surface area contributed by atoms with Crippen LogP contribution in [0.25, 0.3) is 16.3 Å². The molecule has 0 atom stereocenters. The fraction of sp³-hybridized carbons (Fsp3) is 0.200. The van der Waals surface area contributed by atoms with Crippen molar-refractivity contribution in [2.45, 2.75) is 24.8 Å². The van der Waals surface area contributed by atoms with Crippen LogP contribution in [0.1, 0.15) is 17.1 Å². The van der Waals surface area contributed by atoms with Gasteiger partial charge in [-0.05, 0) is 26.0 Å². The van der Waals surface area contributed by atoms with E-state index in [1.54, 1.807) is 40.1 Å². The molecule has 0 aromatic carbocycles. The Kier molecular flexibility index (Phi) is 3.62. The number of furan rings is 1. The van der Waals surface area contributed by atoms with Gasteiger partial charge in [0.05, 0.1) is 12.0 Å². The second kappa shape index (κ2) is 5.78. The number of aromatic nitrogens is 5. The standard InChI is InChI=1S/C15H13N5OS2/c1-9-5-10(2)20-14(16-9)18-15(19-20)23-8-12-7-22-13(17-12)11-3-4-21-6-11/h3-7H,8H2,1-2H3. The highest BCUT2D eigenvalue weighted by Crippen LogP contribution is 2.27. The molecule has 4 heterocycles. The molecule has 0 spiro atoms. The van der Waals surface area contributed by atoms with Crippen molar-refractivity contribution in [3.63, 3.8) is 0 Å². The van der Waals surface area contributed by atoms with Crippen molar-refractivity contribution in [3.05, 3.63) is 47.1 Å². The molecule has 0 radical (unpaired) electrons. The number of hydrogen-bond donors (Lipinski definition) is 0. The van der Waals surface area contributed by atoms with Crippen LogP contribution in [-0.4, -0.2) is 24.6 Å². The zero-order valence-electron chi connectivity index (χ0n) is 12.6. The molecular formula is C15H13N5OS2. The van der Waals surface area contributed by atoms with Crippen molar-refractivity contribution in [3.8, 4) is 10.6 Å². The lowest BCUT2D eigenvalue weighted by molar-refractivity contribution is 0.568. The van der Waals surface area contributed by atoms with Crippen LogP contribution >= 0.6 is 23.1 Å². The summed E-state index contributed by atoms with van der Waals surface area (Å²) in [4.78, 5) is 13.5. The number of aryl methyl sites for hydroxylation is 2. The number of fused-ring (bicyclic) bond motifs is 1. The topological polar surface area (TPSA) is 69.1 Å². The maximum Gasteiger partial charge on any atom is 0.253 e. The molecule has 0 unspecified atom stereocenters. The van der Waals surface area contributed by atoms with Crippen LogP contribution in [0.3, 0.4) is 0 Å². The predicted molar refractivity (Wildman–Crippen MR) is 89.6 cm³/mol. The Labute approximate surface area is 140 Å². The second-order valence-corrected chi connectivity index (χ2v) is 6.89. The Balaban J connectivity index is 1.52. The molecule has 0 saturated carbocycles. The Morgan fingerprint density at radius 2 is 2.17 bits per heavy atom. The number of nitrogens with zero attached hydrogens (tertiary/aromatic N) is 5. The van der Waals surface area contributed by atoms with E-state index < -0.39 is 0 Å². The maximum absolute atomic E-state index is 5.09. The fourth-order valence-electron chi connectivity index (χ4n) is 2.24. The first-order chi connectivity index (χ1) is 11.2. The largest absolute Gasteiger partial charge is 0.472 e. The van der Waals surface area contributed by atoms with Gasteiger partial charge in [0, 0.05) is 28.1 Å². The van der Waals surface area contributed by atoms with Gasteiger partial charge in [0.25, 0.3) is 5.78 Å². The fourth-order valence-corrected chi connectivity index (χ4v) is 3.86. The van der Waals surface area contributed by atoms with Crippen LogP contribution in [0.5, 0.6) is 0 Å². The molecule has 116 valence electrons. The van der Waals surface area contributed by atoms with E-state index in [2.05, 4.69) is 25.4 Å². The molecule has 0 aliphatic rings. The lowest BCUT2D eigenvalue weighted by Crippen LogP contribution is -1.97. The van der Waals surface area contributed by atoms with Gasteiger partial charge in [0.15, 0.2) is 0 Å². The van der Waals surface area contributed by atoms with Crippen molar-refractivity contribution < 1.29 is 4.42 Å². The zero-order valence-corrected chi connectivity index (χ0v) is 14.2. The van der Waals surface area contributed by atoms with Crippen LogP contribution in [0, 0.1) is 13.8 Å². The first kappa shape index (κ1) is 14.4. The van der Waals surface area contributed by atoms with Gasteiger partial charge in [-0.2, -0.15) is 4.98 Å². The molecule has 0 aliphatic heterocycles. The van der Waals surface area contributed by atoms with Crippen LogP contribution < -0.4 is 0 Å². The van der Waals surface area contributed by atoms with E-state index in [0.29, 0.717) is 10.9 Å². The molecule has 4 aromatic heterocycles. The Morgan fingerprint density at radius 1 is 1.26 bits per heavy atom. The first-order valence-corrected chi connectivity index (χ1v) is 8.86. The summed E-state index contributed by atoms with van der Waals surface area (Å²) in [5.74, 6) is 1.37.